The van der Waals surface area contributed by atoms with Gasteiger partial charge in [-0.25, -0.2) is 4.98 Å². The molecule has 0 bridgehead atoms. The topological polar surface area (TPSA) is 42.9 Å². The molecule has 0 aromatic carbocycles. The Kier molecular flexibility index (Phi) is 3.89. The third kappa shape index (κ3) is 4.03. The molecule has 4 heteroatoms. The molecule has 0 spiro atoms. The first-order chi connectivity index (χ1) is 6.18. The van der Waals surface area contributed by atoms with Crippen LogP contribution in [0.25, 0.3) is 0 Å². The highest BCUT2D eigenvalue weighted by atomic mass is 32.2. The third-order valence-electron chi connectivity index (χ3n) is 1.44. The Morgan fingerprint density at radius 2 is 2.38 bits per heavy atom. The first kappa shape index (κ1) is 10.2. The van der Waals surface area contributed by atoms with Crippen LogP contribution in [0.2, 0.25) is 0 Å². The normalized spacial score (nSPS) is 12.5. The lowest BCUT2D eigenvalue weighted by molar-refractivity contribution is -0.116. The monoisotopic (exact) mass is 196 g/mol. The Morgan fingerprint density at radius 1 is 1.62 bits per heavy atom. The zero-order chi connectivity index (χ0) is 9.68. The van der Waals surface area contributed by atoms with Crippen LogP contribution < -0.4 is 0 Å². The molecule has 13 heavy (non-hydrogen) atoms. The van der Waals surface area contributed by atoms with Crippen LogP contribution in [0.1, 0.15) is 20.3 Å². The maximum atomic E-state index is 10.8. The van der Waals surface area contributed by atoms with Crippen LogP contribution >= 0.6 is 11.8 Å². The molecule has 3 nitrogen and oxygen atoms in total. The van der Waals surface area contributed by atoms with Crippen LogP contribution in [-0.2, 0) is 4.79 Å². The highest BCUT2D eigenvalue weighted by Crippen LogP contribution is 2.21. The van der Waals surface area contributed by atoms with E-state index in [1.54, 1.807) is 37.3 Å². The van der Waals surface area contributed by atoms with Crippen LogP contribution in [0, 0.1) is 0 Å². The van der Waals surface area contributed by atoms with Crippen molar-refractivity contribution in [3.8, 4) is 0 Å². The summed E-state index contributed by atoms with van der Waals surface area (Å²) in [7, 11) is 0. The molecule has 0 fully saturated rings. The zero-order valence-corrected chi connectivity index (χ0v) is 8.54. The molecule has 1 aromatic rings. The van der Waals surface area contributed by atoms with Gasteiger partial charge in [0.2, 0.25) is 0 Å². The molecule has 0 saturated heterocycles. The number of carbonyl (C=O) groups excluding carboxylic acids is 1. The summed E-state index contributed by atoms with van der Waals surface area (Å²) in [5.41, 5.74) is 0. The molecule has 1 heterocycles. The van der Waals surface area contributed by atoms with E-state index in [1.165, 1.54) is 0 Å². The van der Waals surface area contributed by atoms with Gasteiger partial charge in [-0.1, -0.05) is 6.92 Å². The second-order valence-corrected chi connectivity index (χ2v) is 4.34. The van der Waals surface area contributed by atoms with Crippen LogP contribution in [0.15, 0.2) is 23.6 Å². The number of rotatable bonds is 4. The van der Waals surface area contributed by atoms with Gasteiger partial charge in [0.05, 0.1) is 6.20 Å². The number of carbonyl (C=O) groups is 1. The minimum atomic E-state index is 0.212. The van der Waals surface area contributed by atoms with E-state index in [0.717, 1.165) is 5.03 Å². The quantitative estimate of drug-likeness (QED) is 0.690. The Labute approximate surface area is 82.0 Å². The fraction of sp³-hybridized carbons (Fsp3) is 0.444. The number of hydrogen-bond donors (Lipinski definition) is 0. The first-order valence-electron chi connectivity index (χ1n) is 4.10. The van der Waals surface area contributed by atoms with Crippen LogP contribution in [-0.4, -0.2) is 21.0 Å². The molecule has 1 aromatic heterocycles. The summed E-state index contributed by atoms with van der Waals surface area (Å²) in [4.78, 5) is 18.9. The lowest BCUT2D eigenvalue weighted by Gasteiger charge is -2.06. The second-order valence-electron chi connectivity index (χ2n) is 2.88. The van der Waals surface area contributed by atoms with Gasteiger partial charge in [-0.05, 0) is 6.92 Å². The summed E-state index contributed by atoms with van der Waals surface area (Å²) >= 11 is 1.58. The number of aromatic nitrogens is 2. The fourth-order valence-corrected chi connectivity index (χ4v) is 1.97. The molecular weight excluding hydrogens is 184 g/mol. The van der Waals surface area contributed by atoms with Crippen molar-refractivity contribution < 1.29 is 4.79 Å². The van der Waals surface area contributed by atoms with E-state index in [4.69, 9.17) is 0 Å². The van der Waals surface area contributed by atoms with E-state index in [9.17, 15) is 4.79 Å². The van der Waals surface area contributed by atoms with Crippen molar-refractivity contribution in [1.82, 2.24) is 9.97 Å². The summed E-state index contributed by atoms with van der Waals surface area (Å²) in [6, 6.07) is 0. The predicted octanol–water partition coefficient (Wildman–Crippen LogP) is 1.94. The number of ketones is 1. The minimum absolute atomic E-state index is 0.212. The molecule has 1 unspecified atom stereocenters. The molecule has 0 N–H and O–H groups in total. The van der Waals surface area contributed by atoms with Gasteiger partial charge in [0.25, 0.3) is 0 Å². The van der Waals surface area contributed by atoms with E-state index in [2.05, 4.69) is 9.97 Å². The highest BCUT2D eigenvalue weighted by molar-refractivity contribution is 7.99. The van der Waals surface area contributed by atoms with Gasteiger partial charge in [0, 0.05) is 24.1 Å². The maximum absolute atomic E-state index is 10.8. The number of hydrogen-bond acceptors (Lipinski definition) is 4. The highest BCUT2D eigenvalue weighted by Gasteiger charge is 2.07. The van der Waals surface area contributed by atoms with Crippen molar-refractivity contribution in [3.05, 3.63) is 18.6 Å². The standard InChI is InChI=1S/C9H12N2OS/c1-7(12)5-8(2)13-9-6-10-3-4-11-9/h3-4,6,8H,5H2,1-2H3. The number of nitrogens with zero attached hydrogens (tertiary/aromatic N) is 2. The number of Topliss-reactive ketones (excluding diaryl/α,β-unsaturated/α-hetero) is 1. The molecule has 1 rings (SSSR count). The van der Waals surface area contributed by atoms with Gasteiger partial charge in [-0.3, -0.25) is 9.78 Å². The van der Waals surface area contributed by atoms with Crippen molar-refractivity contribution in [2.45, 2.75) is 30.5 Å². The molecule has 70 valence electrons. The molecule has 0 radical (unpaired) electrons. The Hall–Kier alpha value is -0.900. The van der Waals surface area contributed by atoms with Gasteiger partial charge in [-0.15, -0.1) is 11.8 Å². The first-order valence-corrected chi connectivity index (χ1v) is 4.98. The zero-order valence-electron chi connectivity index (χ0n) is 7.73. The van der Waals surface area contributed by atoms with Gasteiger partial charge in [0.15, 0.2) is 0 Å². The average molecular weight is 196 g/mol. The van der Waals surface area contributed by atoms with Crippen molar-refractivity contribution in [2.75, 3.05) is 0 Å². The van der Waals surface area contributed by atoms with Gasteiger partial charge >= 0.3 is 0 Å². The Morgan fingerprint density at radius 3 is 2.92 bits per heavy atom. The van der Waals surface area contributed by atoms with E-state index in [0.29, 0.717) is 6.42 Å². The lowest BCUT2D eigenvalue weighted by atomic mass is 10.2. The predicted molar refractivity (Wildman–Crippen MR) is 52.6 cm³/mol. The molecule has 0 aliphatic heterocycles. The fourth-order valence-electron chi connectivity index (χ4n) is 0.999. The van der Waals surface area contributed by atoms with Crippen LogP contribution in [0.5, 0.6) is 0 Å². The van der Waals surface area contributed by atoms with Crippen molar-refractivity contribution in [3.63, 3.8) is 0 Å². The lowest BCUT2D eigenvalue weighted by Crippen LogP contribution is -2.03. The second kappa shape index (κ2) is 4.97. The van der Waals surface area contributed by atoms with Gasteiger partial charge in [0.1, 0.15) is 10.8 Å². The molecule has 0 aliphatic rings. The van der Waals surface area contributed by atoms with Crippen molar-refractivity contribution in [2.24, 2.45) is 0 Å². The molecule has 0 amide bonds. The Bertz CT molecular complexity index is 276. The molecular formula is C9H12N2OS. The van der Waals surface area contributed by atoms with Crippen LogP contribution in [0.3, 0.4) is 0 Å². The van der Waals surface area contributed by atoms with E-state index >= 15 is 0 Å². The average Bonchev–Trinajstić information content (AvgIpc) is 2.04. The largest absolute Gasteiger partial charge is 0.300 e. The summed E-state index contributed by atoms with van der Waals surface area (Å²) in [5, 5.41) is 1.14. The third-order valence-corrected chi connectivity index (χ3v) is 2.46. The van der Waals surface area contributed by atoms with Crippen molar-refractivity contribution >= 4 is 17.5 Å². The van der Waals surface area contributed by atoms with Gasteiger partial charge < -0.3 is 0 Å². The molecule has 1 atom stereocenters. The van der Waals surface area contributed by atoms with E-state index < -0.39 is 0 Å². The smallest absolute Gasteiger partial charge is 0.130 e. The molecule has 0 saturated carbocycles. The Balaban J connectivity index is 2.45. The minimum Gasteiger partial charge on any atom is -0.300 e. The summed E-state index contributed by atoms with van der Waals surface area (Å²) in [5.74, 6) is 0.212. The van der Waals surface area contributed by atoms with Crippen LogP contribution in [0.4, 0.5) is 0 Å². The number of thioether (sulfide) groups is 1. The molecule has 0 aliphatic carbocycles. The summed E-state index contributed by atoms with van der Waals surface area (Å²) in [6.45, 7) is 3.62. The summed E-state index contributed by atoms with van der Waals surface area (Å²) in [6.07, 6.45) is 5.59. The maximum Gasteiger partial charge on any atom is 0.130 e. The van der Waals surface area contributed by atoms with Crippen molar-refractivity contribution in [1.29, 1.82) is 0 Å². The SMILES string of the molecule is CC(=O)CC(C)Sc1cnccn1. The van der Waals surface area contributed by atoms with Gasteiger partial charge in [-0.2, -0.15) is 0 Å². The van der Waals surface area contributed by atoms with E-state index in [-0.39, 0.29) is 11.0 Å². The summed E-state index contributed by atoms with van der Waals surface area (Å²) < 4.78 is 0. The van der Waals surface area contributed by atoms with E-state index in [1.807, 2.05) is 6.92 Å².